The van der Waals surface area contributed by atoms with Crippen LogP contribution >= 0.6 is 34.5 Å². The molecule has 25 heavy (non-hydrogen) atoms. The standard InChI is InChI=1S/C18H23Cl2NO3S/c1-10(2)24-15(22)13-11-7-5-4-6-8-12(11)25-14(13)21-16(23)17(3)9-18(17,19)20/h10H,4-9H2,1-3H3,(H,21,23)/t17-/m1/s1. The number of hydrogen-bond acceptors (Lipinski definition) is 4. The average molecular weight is 404 g/mol. The fourth-order valence-corrected chi connectivity index (χ4v) is 5.19. The molecule has 1 heterocycles. The summed E-state index contributed by atoms with van der Waals surface area (Å²) in [7, 11) is 0. The van der Waals surface area contributed by atoms with E-state index in [2.05, 4.69) is 5.32 Å². The third kappa shape index (κ3) is 3.56. The number of carbonyl (C=O) groups is 2. The number of alkyl halides is 2. The van der Waals surface area contributed by atoms with Gasteiger partial charge in [0.2, 0.25) is 5.91 Å². The van der Waals surface area contributed by atoms with E-state index in [1.807, 2.05) is 13.8 Å². The molecule has 0 saturated heterocycles. The summed E-state index contributed by atoms with van der Waals surface area (Å²) < 4.78 is 4.39. The zero-order valence-corrected chi connectivity index (χ0v) is 17.0. The first-order valence-corrected chi connectivity index (χ1v) is 10.3. The number of esters is 1. The van der Waals surface area contributed by atoms with Gasteiger partial charge in [-0.1, -0.05) is 6.42 Å². The molecule has 0 radical (unpaired) electrons. The molecule has 1 N–H and O–H groups in total. The second-order valence-corrected chi connectivity index (χ2v) is 9.98. The number of carbonyl (C=O) groups excluding carboxylic acids is 2. The molecule has 1 amide bonds. The van der Waals surface area contributed by atoms with Gasteiger partial charge in [0.05, 0.1) is 17.1 Å². The molecule has 1 atom stereocenters. The van der Waals surface area contributed by atoms with Crippen LogP contribution in [0.4, 0.5) is 5.00 Å². The van der Waals surface area contributed by atoms with Crippen molar-refractivity contribution >= 4 is 51.4 Å². The molecule has 2 aliphatic rings. The Balaban J connectivity index is 1.93. The Morgan fingerprint density at radius 1 is 1.20 bits per heavy atom. The molecule has 7 heteroatoms. The largest absolute Gasteiger partial charge is 0.459 e. The number of halogens is 2. The Kier molecular flexibility index (Phi) is 5.13. The molecule has 138 valence electrons. The van der Waals surface area contributed by atoms with Crippen molar-refractivity contribution in [2.45, 2.75) is 69.7 Å². The van der Waals surface area contributed by atoms with Crippen LogP contribution in [0.25, 0.3) is 0 Å². The van der Waals surface area contributed by atoms with Crippen LogP contribution in [0.3, 0.4) is 0 Å². The van der Waals surface area contributed by atoms with Crippen molar-refractivity contribution in [3.05, 3.63) is 16.0 Å². The number of rotatable bonds is 4. The summed E-state index contributed by atoms with van der Waals surface area (Å²) in [6.07, 6.45) is 5.27. The van der Waals surface area contributed by atoms with E-state index in [4.69, 9.17) is 27.9 Å². The molecule has 4 nitrogen and oxygen atoms in total. The van der Waals surface area contributed by atoms with Crippen LogP contribution in [0.1, 0.15) is 67.3 Å². The molecule has 3 rings (SSSR count). The van der Waals surface area contributed by atoms with Crippen LogP contribution in [-0.4, -0.2) is 22.3 Å². The second-order valence-electron chi connectivity index (χ2n) is 7.39. The van der Waals surface area contributed by atoms with Gasteiger partial charge in [0.25, 0.3) is 0 Å². The Hall–Kier alpha value is -0.780. The smallest absolute Gasteiger partial charge is 0.341 e. The van der Waals surface area contributed by atoms with E-state index in [-0.39, 0.29) is 18.0 Å². The molecule has 2 aliphatic carbocycles. The van der Waals surface area contributed by atoms with Gasteiger partial charge in [0.15, 0.2) is 0 Å². The molecule has 0 bridgehead atoms. The predicted octanol–water partition coefficient (Wildman–Crippen LogP) is 5.10. The zero-order valence-electron chi connectivity index (χ0n) is 14.7. The lowest BCUT2D eigenvalue weighted by Crippen LogP contribution is -2.26. The number of ether oxygens (including phenoxy) is 1. The molecule has 0 unspecified atom stereocenters. The lowest BCUT2D eigenvalue weighted by molar-refractivity contribution is -0.120. The highest BCUT2D eigenvalue weighted by atomic mass is 35.5. The van der Waals surface area contributed by atoms with Crippen molar-refractivity contribution < 1.29 is 14.3 Å². The summed E-state index contributed by atoms with van der Waals surface area (Å²) in [6.45, 7) is 5.39. The van der Waals surface area contributed by atoms with E-state index in [0.717, 1.165) is 37.7 Å². The maximum Gasteiger partial charge on any atom is 0.341 e. The van der Waals surface area contributed by atoms with Crippen LogP contribution in [0, 0.1) is 5.41 Å². The normalized spacial score (nSPS) is 24.4. The molecule has 0 aromatic carbocycles. The van der Waals surface area contributed by atoms with Gasteiger partial charge in [-0.25, -0.2) is 4.79 Å². The molecule has 1 aromatic heterocycles. The first kappa shape index (κ1) is 19.0. The zero-order chi connectivity index (χ0) is 18.4. The summed E-state index contributed by atoms with van der Waals surface area (Å²) in [5.41, 5.74) is 0.729. The second kappa shape index (κ2) is 6.75. The number of anilines is 1. The summed E-state index contributed by atoms with van der Waals surface area (Å²) in [5, 5.41) is 3.48. The minimum Gasteiger partial charge on any atom is -0.459 e. The number of nitrogens with one attached hydrogen (secondary N) is 1. The van der Waals surface area contributed by atoms with E-state index < -0.39 is 9.75 Å². The molecule has 1 aromatic rings. The third-order valence-corrected chi connectivity index (χ3v) is 7.26. The molecular formula is C18H23Cl2NO3S. The van der Waals surface area contributed by atoms with Crippen LogP contribution in [0.15, 0.2) is 0 Å². The van der Waals surface area contributed by atoms with Crippen LogP contribution in [-0.2, 0) is 22.4 Å². The van der Waals surface area contributed by atoms with Gasteiger partial charge in [0.1, 0.15) is 9.33 Å². The summed E-state index contributed by atoms with van der Waals surface area (Å²) in [4.78, 5) is 26.5. The van der Waals surface area contributed by atoms with Gasteiger partial charge in [-0.2, -0.15) is 0 Å². The maximum atomic E-state index is 12.7. The van der Waals surface area contributed by atoms with Crippen LogP contribution in [0.2, 0.25) is 0 Å². The van der Waals surface area contributed by atoms with Crippen molar-refractivity contribution in [2.75, 3.05) is 5.32 Å². The highest BCUT2D eigenvalue weighted by molar-refractivity contribution is 7.17. The van der Waals surface area contributed by atoms with Crippen molar-refractivity contribution in [1.82, 2.24) is 0 Å². The quantitative estimate of drug-likeness (QED) is 0.431. The fraction of sp³-hybridized carbons (Fsp3) is 0.667. The highest BCUT2D eigenvalue weighted by Gasteiger charge is 2.68. The van der Waals surface area contributed by atoms with E-state index >= 15 is 0 Å². The van der Waals surface area contributed by atoms with Gasteiger partial charge in [-0.3, -0.25) is 4.79 Å². The third-order valence-electron chi connectivity index (χ3n) is 4.95. The molecule has 0 spiro atoms. The lowest BCUT2D eigenvalue weighted by atomic mass is 10.0. The Bertz CT molecular complexity index is 713. The summed E-state index contributed by atoms with van der Waals surface area (Å²) >= 11 is 13.7. The van der Waals surface area contributed by atoms with Crippen LogP contribution < -0.4 is 5.32 Å². The number of amides is 1. The lowest BCUT2D eigenvalue weighted by Gasteiger charge is -2.14. The average Bonchev–Trinajstić information content (AvgIpc) is 2.96. The monoisotopic (exact) mass is 403 g/mol. The Morgan fingerprint density at radius 3 is 2.44 bits per heavy atom. The first-order chi connectivity index (χ1) is 11.7. The topological polar surface area (TPSA) is 55.4 Å². The Labute approximate surface area is 162 Å². The minimum absolute atomic E-state index is 0.211. The van der Waals surface area contributed by atoms with Gasteiger partial charge < -0.3 is 10.1 Å². The van der Waals surface area contributed by atoms with Gasteiger partial charge in [-0.15, -0.1) is 34.5 Å². The molecule has 1 saturated carbocycles. The summed E-state index contributed by atoms with van der Waals surface area (Å²) in [5.74, 6) is -0.610. The predicted molar refractivity (Wildman–Crippen MR) is 102 cm³/mol. The highest BCUT2D eigenvalue weighted by Crippen LogP contribution is 2.64. The van der Waals surface area contributed by atoms with Gasteiger partial charge in [-0.05, 0) is 58.4 Å². The van der Waals surface area contributed by atoms with Gasteiger partial charge >= 0.3 is 5.97 Å². The Morgan fingerprint density at radius 2 is 1.84 bits per heavy atom. The number of fused-ring (bicyclic) bond motifs is 1. The SMILES string of the molecule is CC(C)OC(=O)c1c(NC(=O)[C@@]2(C)CC2(Cl)Cl)sc2c1CCCCC2. The van der Waals surface area contributed by atoms with Crippen molar-refractivity contribution in [1.29, 1.82) is 0 Å². The maximum absolute atomic E-state index is 12.7. The van der Waals surface area contributed by atoms with E-state index in [9.17, 15) is 9.59 Å². The molecule has 0 aliphatic heterocycles. The molecule has 1 fully saturated rings. The van der Waals surface area contributed by atoms with Crippen molar-refractivity contribution in [3.8, 4) is 0 Å². The number of thiophene rings is 1. The fourth-order valence-electron chi connectivity index (χ4n) is 3.21. The summed E-state index contributed by atoms with van der Waals surface area (Å²) in [6, 6.07) is 0. The van der Waals surface area contributed by atoms with E-state index in [0.29, 0.717) is 17.0 Å². The number of aryl methyl sites for hydroxylation is 1. The molecular weight excluding hydrogens is 381 g/mol. The van der Waals surface area contributed by atoms with Crippen molar-refractivity contribution in [3.63, 3.8) is 0 Å². The van der Waals surface area contributed by atoms with Gasteiger partial charge in [0, 0.05) is 4.88 Å². The number of hydrogen-bond donors (Lipinski definition) is 1. The minimum atomic E-state index is -1.04. The van der Waals surface area contributed by atoms with E-state index in [1.54, 1.807) is 6.92 Å². The first-order valence-electron chi connectivity index (χ1n) is 8.70. The van der Waals surface area contributed by atoms with Crippen molar-refractivity contribution in [2.24, 2.45) is 5.41 Å². The van der Waals surface area contributed by atoms with E-state index in [1.165, 1.54) is 16.2 Å². The van der Waals surface area contributed by atoms with Crippen LogP contribution in [0.5, 0.6) is 0 Å².